The molecule has 0 amide bonds. The molecule has 3 rings (SSSR count). The van der Waals surface area contributed by atoms with Crippen LogP contribution < -0.4 is 5.32 Å². The summed E-state index contributed by atoms with van der Waals surface area (Å²) in [4.78, 5) is 0. The highest BCUT2D eigenvalue weighted by Crippen LogP contribution is 2.43. The van der Waals surface area contributed by atoms with Gasteiger partial charge in [0.05, 0.1) is 0 Å². The van der Waals surface area contributed by atoms with Gasteiger partial charge in [-0.15, -0.1) is 0 Å². The average molecular weight is 251 g/mol. The molecule has 1 nitrogen and oxygen atoms in total. The molecule has 0 aromatic heterocycles. The number of hydrogen-bond donors (Lipinski definition) is 1. The third-order valence-electron chi connectivity index (χ3n) is 4.32. The van der Waals surface area contributed by atoms with E-state index in [0.717, 1.165) is 18.5 Å². The van der Waals surface area contributed by atoms with Gasteiger partial charge in [0.2, 0.25) is 0 Å². The minimum atomic E-state index is -0.752. The molecule has 0 aliphatic heterocycles. The molecule has 98 valence electrons. The van der Waals surface area contributed by atoms with Gasteiger partial charge in [-0.25, -0.2) is 8.78 Å². The Morgan fingerprint density at radius 3 is 2.50 bits per heavy atom. The Kier molecular flexibility index (Phi) is 3.10. The van der Waals surface area contributed by atoms with Crippen LogP contribution in [0.25, 0.3) is 0 Å². The molecule has 1 N–H and O–H groups in total. The van der Waals surface area contributed by atoms with E-state index >= 15 is 0 Å². The van der Waals surface area contributed by atoms with Gasteiger partial charge in [0.1, 0.15) is 0 Å². The van der Waals surface area contributed by atoms with E-state index in [-0.39, 0.29) is 5.41 Å². The summed E-state index contributed by atoms with van der Waals surface area (Å²) in [6.45, 7) is 1.02. The van der Waals surface area contributed by atoms with Crippen LogP contribution in [0.2, 0.25) is 0 Å². The van der Waals surface area contributed by atoms with Gasteiger partial charge >= 0.3 is 0 Å². The normalized spacial score (nSPS) is 21.7. The van der Waals surface area contributed by atoms with Crippen molar-refractivity contribution in [2.75, 3.05) is 6.54 Å². The van der Waals surface area contributed by atoms with Crippen molar-refractivity contribution in [3.05, 3.63) is 35.4 Å². The maximum Gasteiger partial charge on any atom is 0.159 e. The molecule has 3 heteroatoms. The van der Waals surface area contributed by atoms with E-state index < -0.39 is 11.6 Å². The molecule has 18 heavy (non-hydrogen) atoms. The monoisotopic (exact) mass is 251 g/mol. The van der Waals surface area contributed by atoms with E-state index in [4.69, 9.17) is 0 Å². The SMILES string of the molecule is Fc1ccc(CC2(CNC3CC3)CCC2)cc1F. The van der Waals surface area contributed by atoms with Gasteiger partial charge in [0.15, 0.2) is 11.6 Å². The highest BCUT2D eigenvalue weighted by molar-refractivity contribution is 5.20. The molecule has 0 bridgehead atoms. The molecule has 2 aliphatic rings. The van der Waals surface area contributed by atoms with Crippen molar-refractivity contribution in [3.8, 4) is 0 Å². The second-order valence-electron chi connectivity index (χ2n) is 5.93. The molecule has 0 radical (unpaired) electrons. The third-order valence-corrected chi connectivity index (χ3v) is 4.32. The largest absolute Gasteiger partial charge is 0.313 e. The van der Waals surface area contributed by atoms with Crippen molar-refractivity contribution < 1.29 is 8.78 Å². The summed E-state index contributed by atoms with van der Waals surface area (Å²) in [7, 11) is 0. The molecular weight excluding hydrogens is 232 g/mol. The number of rotatable bonds is 5. The Morgan fingerprint density at radius 1 is 1.17 bits per heavy atom. The predicted molar refractivity (Wildman–Crippen MR) is 67.4 cm³/mol. The Labute approximate surface area is 107 Å². The Bertz CT molecular complexity index is 436. The minimum absolute atomic E-state index is 0.285. The van der Waals surface area contributed by atoms with E-state index in [1.165, 1.54) is 44.2 Å². The van der Waals surface area contributed by atoms with Crippen LogP contribution in [0, 0.1) is 17.0 Å². The molecule has 2 saturated carbocycles. The van der Waals surface area contributed by atoms with Gasteiger partial charge in [0, 0.05) is 12.6 Å². The summed E-state index contributed by atoms with van der Waals surface area (Å²) in [6.07, 6.45) is 7.11. The minimum Gasteiger partial charge on any atom is -0.313 e. The molecule has 0 atom stereocenters. The van der Waals surface area contributed by atoms with Crippen LogP contribution in [0.4, 0.5) is 8.78 Å². The first kappa shape index (κ1) is 12.1. The number of nitrogens with one attached hydrogen (secondary N) is 1. The quantitative estimate of drug-likeness (QED) is 0.845. The zero-order valence-electron chi connectivity index (χ0n) is 10.5. The highest BCUT2D eigenvalue weighted by atomic mass is 19.2. The van der Waals surface area contributed by atoms with Crippen LogP contribution in [-0.2, 0) is 6.42 Å². The summed E-state index contributed by atoms with van der Waals surface area (Å²) in [6, 6.07) is 5.03. The maximum absolute atomic E-state index is 13.2. The van der Waals surface area contributed by atoms with E-state index in [1.54, 1.807) is 6.07 Å². The maximum atomic E-state index is 13.2. The van der Waals surface area contributed by atoms with Crippen LogP contribution in [-0.4, -0.2) is 12.6 Å². The van der Waals surface area contributed by atoms with Crippen LogP contribution in [0.3, 0.4) is 0 Å². The van der Waals surface area contributed by atoms with Gasteiger partial charge in [-0.05, 0) is 55.2 Å². The molecular formula is C15H19F2N. The topological polar surface area (TPSA) is 12.0 Å². The molecule has 0 heterocycles. The zero-order valence-corrected chi connectivity index (χ0v) is 10.5. The van der Waals surface area contributed by atoms with E-state index in [0.29, 0.717) is 6.04 Å². The van der Waals surface area contributed by atoms with Gasteiger partial charge in [-0.1, -0.05) is 12.5 Å². The summed E-state index contributed by atoms with van der Waals surface area (Å²) < 4.78 is 26.1. The summed E-state index contributed by atoms with van der Waals surface area (Å²) in [5.41, 5.74) is 1.21. The average Bonchev–Trinajstić information content (AvgIpc) is 3.11. The number of hydrogen-bond acceptors (Lipinski definition) is 1. The lowest BCUT2D eigenvalue weighted by atomic mass is 9.65. The lowest BCUT2D eigenvalue weighted by molar-refractivity contribution is 0.129. The standard InChI is InChI=1S/C15H19F2N/c16-13-5-2-11(8-14(13)17)9-15(6-1-7-15)10-18-12-3-4-12/h2,5,8,12,18H,1,3-4,6-7,9-10H2. The lowest BCUT2D eigenvalue weighted by Gasteiger charge is -2.42. The highest BCUT2D eigenvalue weighted by Gasteiger charge is 2.38. The summed E-state index contributed by atoms with van der Waals surface area (Å²) >= 11 is 0. The van der Waals surface area contributed by atoms with Crippen molar-refractivity contribution in [3.63, 3.8) is 0 Å². The van der Waals surface area contributed by atoms with Crippen LogP contribution in [0.5, 0.6) is 0 Å². The smallest absolute Gasteiger partial charge is 0.159 e. The van der Waals surface area contributed by atoms with Crippen molar-refractivity contribution in [2.24, 2.45) is 5.41 Å². The summed E-state index contributed by atoms with van der Waals surface area (Å²) in [5.74, 6) is -1.48. The first-order chi connectivity index (χ1) is 8.67. The van der Waals surface area contributed by atoms with Gasteiger partial charge < -0.3 is 5.32 Å². The van der Waals surface area contributed by atoms with Crippen LogP contribution >= 0.6 is 0 Å². The van der Waals surface area contributed by atoms with Gasteiger partial charge in [0.25, 0.3) is 0 Å². The Hall–Kier alpha value is -0.960. The fourth-order valence-corrected chi connectivity index (χ4v) is 2.82. The van der Waals surface area contributed by atoms with Crippen molar-refractivity contribution >= 4 is 0 Å². The summed E-state index contributed by atoms with van der Waals surface area (Å²) in [5, 5.41) is 3.58. The van der Waals surface area contributed by atoms with Crippen molar-refractivity contribution in [1.29, 1.82) is 0 Å². The van der Waals surface area contributed by atoms with Gasteiger partial charge in [-0.2, -0.15) is 0 Å². The zero-order chi connectivity index (χ0) is 12.6. The predicted octanol–water partition coefficient (Wildman–Crippen LogP) is 3.43. The van der Waals surface area contributed by atoms with Crippen LogP contribution in [0.1, 0.15) is 37.7 Å². The second-order valence-corrected chi connectivity index (χ2v) is 5.93. The van der Waals surface area contributed by atoms with Gasteiger partial charge in [-0.3, -0.25) is 0 Å². The van der Waals surface area contributed by atoms with Crippen molar-refractivity contribution in [2.45, 2.75) is 44.6 Å². The fourth-order valence-electron chi connectivity index (χ4n) is 2.82. The molecule has 1 aromatic carbocycles. The van der Waals surface area contributed by atoms with E-state index in [2.05, 4.69) is 5.32 Å². The molecule has 0 saturated heterocycles. The van der Waals surface area contributed by atoms with E-state index in [9.17, 15) is 8.78 Å². The Balaban J connectivity index is 1.66. The van der Waals surface area contributed by atoms with E-state index in [1.807, 2.05) is 0 Å². The van der Waals surface area contributed by atoms with Crippen LogP contribution in [0.15, 0.2) is 18.2 Å². The molecule has 0 spiro atoms. The third kappa shape index (κ3) is 2.56. The first-order valence-corrected chi connectivity index (χ1v) is 6.84. The Morgan fingerprint density at radius 2 is 1.94 bits per heavy atom. The lowest BCUT2D eigenvalue weighted by Crippen LogP contribution is -2.42. The fraction of sp³-hybridized carbons (Fsp3) is 0.600. The molecule has 2 aliphatic carbocycles. The number of benzene rings is 1. The number of halogens is 2. The second kappa shape index (κ2) is 4.61. The molecule has 2 fully saturated rings. The molecule has 0 unspecified atom stereocenters. The molecule has 1 aromatic rings. The van der Waals surface area contributed by atoms with Crippen molar-refractivity contribution in [1.82, 2.24) is 5.32 Å². The first-order valence-electron chi connectivity index (χ1n) is 6.84.